The van der Waals surface area contributed by atoms with Gasteiger partial charge < -0.3 is 10.2 Å². The summed E-state index contributed by atoms with van der Waals surface area (Å²) < 4.78 is 1.61. The zero-order valence-corrected chi connectivity index (χ0v) is 16.5. The molecule has 1 aromatic carbocycles. The largest absolute Gasteiger partial charge is 0.325 e. The van der Waals surface area contributed by atoms with Gasteiger partial charge in [0.25, 0.3) is 11.5 Å². The number of thiazole rings is 1. The van der Waals surface area contributed by atoms with Gasteiger partial charge in [-0.25, -0.2) is 4.98 Å². The second-order valence-electron chi connectivity index (χ2n) is 6.14. The molecule has 2 N–H and O–H groups in total. The highest BCUT2D eigenvalue weighted by molar-refractivity contribution is 7.98. The van der Waals surface area contributed by atoms with Crippen molar-refractivity contribution in [2.45, 2.75) is 18.4 Å². The maximum Gasteiger partial charge on any atom is 0.279 e. The number of likely N-dealkylation sites (N-methyl/N-ethyl adjacent to an activating group) is 1. The molecule has 1 atom stereocenters. The van der Waals surface area contributed by atoms with Gasteiger partial charge in [-0.15, -0.1) is 23.1 Å². The summed E-state index contributed by atoms with van der Waals surface area (Å²) in [6, 6.07) is 9.28. The van der Waals surface area contributed by atoms with Crippen molar-refractivity contribution < 1.29 is 9.69 Å². The van der Waals surface area contributed by atoms with Gasteiger partial charge in [0, 0.05) is 22.0 Å². The number of hydrogen-bond donors (Lipinski definition) is 2. The summed E-state index contributed by atoms with van der Waals surface area (Å²) >= 11 is 3.05. The number of para-hydroxylation sites is 1. The number of anilines is 1. The van der Waals surface area contributed by atoms with E-state index >= 15 is 0 Å². The van der Waals surface area contributed by atoms with Crippen LogP contribution < -0.4 is 15.8 Å². The molecule has 3 aromatic rings. The van der Waals surface area contributed by atoms with Gasteiger partial charge in [-0.05, 0) is 25.3 Å². The van der Waals surface area contributed by atoms with E-state index < -0.39 is 0 Å². The second-order valence-corrected chi connectivity index (χ2v) is 7.82. The molecule has 0 saturated heterocycles. The summed E-state index contributed by atoms with van der Waals surface area (Å²) in [5, 5.41) is 4.88. The minimum atomic E-state index is -0.0742. The Morgan fingerprint density at radius 3 is 2.92 bits per heavy atom. The van der Waals surface area contributed by atoms with Gasteiger partial charge in [-0.3, -0.25) is 14.0 Å². The highest BCUT2D eigenvalue weighted by Crippen LogP contribution is 2.24. The van der Waals surface area contributed by atoms with E-state index in [-0.39, 0.29) is 11.5 Å². The zero-order valence-electron chi connectivity index (χ0n) is 14.9. The van der Waals surface area contributed by atoms with Crippen LogP contribution in [-0.2, 0) is 11.3 Å². The highest BCUT2D eigenvalue weighted by atomic mass is 32.2. The van der Waals surface area contributed by atoms with E-state index in [9.17, 15) is 9.59 Å². The minimum Gasteiger partial charge on any atom is -0.325 e. The van der Waals surface area contributed by atoms with Crippen molar-refractivity contribution in [3.8, 4) is 0 Å². The molecule has 8 heteroatoms. The Morgan fingerprint density at radius 2 is 2.15 bits per heavy atom. The number of thioether (sulfide) groups is 1. The zero-order chi connectivity index (χ0) is 18.7. The van der Waals surface area contributed by atoms with Crippen LogP contribution in [0.1, 0.15) is 11.4 Å². The van der Waals surface area contributed by atoms with Gasteiger partial charge in [-0.2, -0.15) is 0 Å². The molecule has 0 aliphatic rings. The monoisotopic (exact) mass is 389 g/mol. The van der Waals surface area contributed by atoms with Crippen molar-refractivity contribution in [1.29, 1.82) is 0 Å². The van der Waals surface area contributed by atoms with Crippen LogP contribution in [0.3, 0.4) is 0 Å². The van der Waals surface area contributed by atoms with Gasteiger partial charge in [0.15, 0.2) is 11.5 Å². The molecule has 1 amide bonds. The van der Waals surface area contributed by atoms with Crippen LogP contribution in [0.2, 0.25) is 0 Å². The molecular formula is C18H21N4O2S2+. The number of benzene rings is 1. The number of quaternary nitrogens is 1. The molecule has 2 aromatic heterocycles. The fourth-order valence-electron chi connectivity index (χ4n) is 2.78. The van der Waals surface area contributed by atoms with E-state index in [1.54, 1.807) is 22.2 Å². The van der Waals surface area contributed by atoms with Crippen molar-refractivity contribution in [1.82, 2.24) is 9.38 Å². The predicted molar refractivity (Wildman–Crippen MR) is 106 cm³/mol. The number of amides is 1. The fraction of sp³-hybridized carbons (Fsp3) is 0.278. The average Bonchev–Trinajstić information content (AvgIpc) is 2.96. The predicted octanol–water partition coefficient (Wildman–Crippen LogP) is 1.44. The molecule has 0 saturated carbocycles. The van der Waals surface area contributed by atoms with Crippen LogP contribution in [0.15, 0.2) is 45.4 Å². The molecule has 0 radical (unpaired) electrons. The third-order valence-corrected chi connectivity index (χ3v) is 5.69. The third kappa shape index (κ3) is 4.14. The molecule has 1 unspecified atom stereocenters. The third-order valence-electron chi connectivity index (χ3n) is 3.95. The Bertz CT molecular complexity index is 996. The number of rotatable bonds is 6. The molecule has 6 nitrogen and oxygen atoms in total. The van der Waals surface area contributed by atoms with Crippen molar-refractivity contribution >= 4 is 39.7 Å². The van der Waals surface area contributed by atoms with Gasteiger partial charge in [0.2, 0.25) is 0 Å². The number of nitrogens with one attached hydrogen (secondary N) is 2. The Labute approximate surface area is 159 Å². The lowest BCUT2D eigenvalue weighted by atomic mass is 10.3. The number of aromatic nitrogens is 2. The summed E-state index contributed by atoms with van der Waals surface area (Å²) in [7, 11) is 1.92. The van der Waals surface area contributed by atoms with Crippen molar-refractivity contribution in [3.05, 3.63) is 57.5 Å². The number of carbonyl (C=O) groups is 1. The fourth-order valence-corrected chi connectivity index (χ4v) is 4.22. The summed E-state index contributed by atoms with van der Waals surface area (Å²) in [5.74, 6) is -0.0613. The van der Waals surface area contributed by atoms with Gasteiger partial charge in [-0.1, -0.05) is 12.1 Å². The van der Waals surface area contributed by atoms with Crippen LogP contribution in [0, 0.1) is 6.92 Å². The molecule has 0 fully saturated rings. The molecule has 26 heavy (non-hydrogen) atoms. The van der Waals surface area contributed by atoms with E-state index in [4.69, 9.17) is 0 Å². The van der Waals surface area contributed by atoms with Gasteiger partial charge in [0.05, 0.1) is 12.7 Å². The summed E-state index contributed by atoms with van der Waals surface area (Å²) in [4.78, 5) is 31.8. The van der Waals surface area contributed by atoms with Crippen LogP contribution >= 0.6 is 23.1 Å². The van der Waals surface area contributed by atoms with Gasteiger partial charge >= 0.3 is 0 Å². The molecule has 0 spiro atoms. The molecular weight excluding hydrogens is 368 g/mol. The summed E-state index contributed by atoms with van der Waals surface area (Å²) in [6.07, 6.45) is 1.98. The van der Waals surface area contributed by atoms with E-state index in [0.717, 1.165) is 21.2 Å². The van der Waals surface area contributed by atoms with E-state index in [1.807, 2.05) is 49.9 Å². The Kier molecular flexibility index (Phi) is 5.75. The first-order valence-electron chi connectivity index (χ1n) is 8.19. The standard InChI is InChI=1S/C18H20N4O2S2/c1-12-11-26-18-19-13(8-17(24)22(12)18)9-21(2)10-16(23)20-14-6-4-5-7-15(14)25-3/h4-8,11H,9-10H2,1-3H3,(H,20,23)/p+1. The molecule has 2 heterocycles. The second kappa shape index (κ2) is 8.03. The molecule has 0 aliphatic heterocycles. The lowest BCUT2D eigenvalue weighted by Crippen LogP contribution is -3.08. The van der Waals surface area contributed by atoms with Crippen LogP contribution in [0.5, 0.6) is 0 Å². The SMILES string of the molecule is CSc1ccccc1NC(=O)C[NH+](C)Cc1cc(=O)n2c(C)csc2n1. The van der Waals surface area contributed by atoms with Crippen molar-refractivity contribution in [2.24, 2.45) is 0 Å². The van der Waals surface area contributed by atoms with Crippen LogP contribution in [-0.4, -0.2) is 35.1 Å². The lowest BCUT2D eigenvalue weighted by molar-refractivity contribution is -0.885. The van der Waals surface area contributed by atoms with E-state index in [0.29, 0.717) is 23.7 Å². The van der Waals surface area contributed by atoms with Crippen molar-refractivity contribution in [3.63, 3.8) is 0 Å². The topological polar surface area (TPSA) is 67.9 Å². The molecule has 0 aliphatic carbocycles. The number of nitrogens with zero attached hydrogens (tertiary/aromatic N) is 2. The minimum absolute atomic E-state index is 0.0613. The quantitative estimate of drug-likeness (QED) is 0.626. The summed E-state index contributed by atoms with van der Waals surface area (Å²) in [5.41, 5.74) is 2.34. The smallest absolute Gasteiger partial charge is 0.279 e. The Hall–Kier alpha value is -2.16. The number of hydrogen-bond acceptors (Lipinski definition) is 5. The van der Waals surface area contributed by atoms with Gasteiger partial charge in [0.1, 0.15) is 12.2 Å². The highest BCUT2D eigenvalue weighted by Gasteiger charge is 2.14. The number of fused-ring (bicyclic) bond motifs is 1. The average molecular weight is 390 g/mol. The molecule has 0 bridgehead atoms. The molecule has 3 rings (SSSR count). The lowest BCUT2D eigenvalue weighted by Gasteiger charge is -2.14. The molecule has 136 valence electrons. The maximum absolute atomic E-state index is 12.3. The van der Waals surface area contributed by atoms with E-state index in [1.165, 1.54) is 11.3 Å². The number of aryl methyl sites for hydroxylation is 1. The first kappa shape index (κ1) is 18.6. The first-order chi connectivity index (χ1) is 12.5. The maximum atomic E-state index is 12.3. The Morgan fingerprint density at radius 1 is 1.38 bits per heavy atom. The normalized spacial score (nSPS) is 12.3. The van der Waals surface area contributed by atoms with E-state index in [2.05, 4.69) is 10.3 Å². The van der Waals surface area contributed by atoms with Crippen LogP contribution in [0.25, 0.3) is 4.96 Å². The summed E-state index contributed by atoms with van der Waals surface area (Å²) in [6.45, 7) is 2.70. The Balaban J connectivity index is 1.66. The number of carbonyl (C=O) groups excluding carboxylic acids is 1. The van der Waals surface area contributed by atoms with Crippen molar-refractivity contribution in [2.75, 3.05) is 25.2 Å². The first-order valence-corrected chi connectivity index (χ1v) is 10.3. The van der Waals surface area contributed by atoms with Crippen LogP contribution in [0.4, 0.5) is 5.69 Å².